The first-order valence-electron chi connectivity index (χ1n) is 9.23. The van der Waals surface area contributed by atoms with Crippen molar-refractivity contribution in [3.63, 3.8) is 0 Å². The zero-order valence-corrected chi connectivity index (χ0v) is 15.7. The third kappa shape index (κ3) is 3.47. The molecule has 4 rings (SSSR count). The van der Waals surface area contributed by atoms with Crippen molar-refractivity contribution in [2.45, 2.75) is 26.7 Å². The van der Waals surface area contributed by atoms with E-state index in [0.717, 1.165) is 54.5 Å². The molecule has 1 amide bonds. The van der Waals surface area contributed by atoms with Crippen molar-refractivity contribution in [1.29, 1.82) is 0 Å². The zero-order chi connectivity index (χ0) is 18.8. The van der Waals surface area contributed by atoms with E-state index in [4.69, 9.17) is 0 Å². The normalized spacial score (nSPS) is 14.7. The summed E-state index contributed by atoms with van der Waals surface area (Å²) in [5.41, 5.74) is 3.82. The number of piperazine rings is 1. The molecule has 0 atom stereocenters. The molecule has 1 aliphatic rings. The number of nitrogens with zero attached hydrogens (tertiary/aromatic N) is 7. The molecule has 0 aromatic carbocycles. The molecule has 4 heterocycles. The number of fused-ring (bicyclic) bond motifs is 1. The summed E-state index contributed by atoms with van der Waals surface area (Å²) in [6.45, 7) is 7.08. The van der Waals surface area contributed by atoms with E-state index in [1.807, 2.05) is 36.9 Å². The predicted octanol–water partition coefficient (Wildman–Crippen LogP) is 1.42. The SMILES string of the molecule is Cc1nn2cnnc2c(C)c1CCC(=O)N1CCN(c2ccccn2)CC1. The molecule has 27 heavy (non-hydrogen) atoms. The Kier molecular flexibility index (Phi) is 4.70. The molecule has 140 valence electrons. The van der Waals surface area contributed by atoms with Crippen LogP contribution in [-0.2, 0) is 11.2 Å². The fourth-order valence-corrected chi connectivity index (χ4v) is 3.66. The van der Waals surface area contributed by atoms with Gasteiger partial charge in [0.2, 0.25) is 5.91 Å². The van der Waals surface area contributed by atoms with E-state index in [1.165, 1.54) is 0 Å². The first-order chi connectivity index (χ1) is 13.1. The standard InChI is InChI=1S/C19H23N7O/c1-14-16(15(2)23-26-13-21-22-19(14)26)6-7-18(27)25-11-9-24(10-12-25)17-5-3-4-8-20-17/h3-5,8,13H,6-7,9-12H2,1-2H3. The molecule has 1 aliphatic heterocycles. The average Bonchev–Trinajstić information content (AvgIpc) is 3.17. The Bertz CT molecular complexity index is 945. The van der Waals surface area contributed by atoms with Gasteiger partial charge in [-0.15, -0.1) is 10.2 Å². The minimum Gasteiger partial charge on any atom is -0.353 e. The van der Waals surface area contributed by atoms with Crippen LogP contribution in [0.15, 0.2) is 30.7 Å². The fraction of sp³-hybridized carbons (Fsp3) is 0.421. The largest absolute Gasteiger partial charge is 0.353 e. The van der Waals surface area contributed by atoms with Crippen molar-refractivity contribution in [1.82, 2.24) is 29.7 Å². The van der Waals surface area contributed by atoms with E-state index in [0.29, 0.717) is 12.8 Å². The number of hydrogen-bond acceptors (Lipinski definition) is 6. The van der Waals surface area contributed by atoms with Crippen LogP contribution in [0.3, 0.4) is 0 Å². The highest BCUT2D eigenvalue weighted by molar-refractivity contribution is 5.77. The number of aryl methyl sites for hydroxylation is 2. The van der Waals surface area contributed by atoms with E-state index in [2.05, 4.69) is 25.2 Å². The van der Waals surface area contributed by atoms with Gasteiger partial charge in [0.25, 0.3) is 0 Å². The lowest BCUT2D eigenvalue weighted by Gasteiger charge is -2.35. The second kappa shape index (κ2) is 7.30. The Labute approximate surface area is 157 Å². The molecule has 0 radical (unpaired) electrons. The van der Waals surface area contributed by atoms with Gasteiger partial charge in [0, 0.05) is 44.4 Å². The maximum Gasteiger partial charge on any atom is 0.223 e. The molecule has 3 aromatic heterocycles. The molecule has 1 saturated heterocycles. The Hall–Kier alpha value is -3.03. The van der Waals surface area contributed by atoms with Crippen LogP contribution in [-0.4, -0.2) is 61.8 Å². The summed E-state index contributed by atoms with van der Waals surface area (Å²) in [7, 11) is 0. The smallest absolute Gasteiger partial charge is 0.223 e. The summed E-state index contributed by atoms with van der Waals surface area (Å²) in [4.78, 5) is 21.3. The van der Waals surface area contributed by atoms with E-state index in [1.54, 1.807) is 17.0 Å². The quantitative estimate of drug-likeness (QED) is 0.696. The number of rotatable bonds is 4. The van der Waals surface area contributed by atoms with Crippen molar-refractivity contribution in [3.05, 3.63) is 47.5 Å². The Morgan fingerprint density at radius 2 is 1.96 bits per heavy atom. The topological polar surface area (TPSA) is 79.5 Å². The van der Waals surface area contributed by atoms with Crippen molar-refractivity contribution < 1.29 is 4.79 Å². The number of aromatic nitrogens is 5. The average molecular weight is 365 g/mol. The summed E-state index contributed by atoms with van der Waals surface area (Å²) in [5, 5.41) is 12.5. The maximum atomic E-state index is 12.7. The van der Waals surface area contributed by atoms with Crippen LogP contribution in [0.4, 0.5) is 5.82 Å². The molecular weight excluding hydrogens is 342 g/mol. The summed E-state index contributed by atoms with van der Waals surface area (Å²) in [6.07, 6.45) is 4.56. The summed E-state index contributed by atoms with van der Waals surface area (Å²) < 4.78 is 1.69. The molecule has 0 N–H and O–H groups in total. The first kappa shape index (κ1) is 17.4. The van der Waals surface area contributed by atoms with Gasteiger partial charge in [-0.3, -0.25) is 4.79 Å². The highest BCUT2D eigenvalue weighted by Crippen LogP contribution is 2.18. The van der Waals surface area contributed by atoms with Gasteiger partial charge in [-0.05, 0) is 38.0 Å². The van der Waals surface area contributed by atoms with Gasteiger partial charge in [-0.1, -0.05) is 6.07 Å². The molecule has 0 aliphatic carbocycles. The van der Waals surface area contributed by atoms with Crippen LogP contribution in [0.5, 0.6) is 0 Å². The lowest BCUT2D eigenvalue weighted by atomic mass is 10.0. The van der Waals surface area contributed by atoms with E-state index in [-0.39, 0.29) is 5.91 Å². The van der Waals surface area contributed by atoms with Gasteiger partial charge in [0.05, 0.1) is 5.69 Å². The molecular formula is C19H23N7O. The molecule has 0 unspecified atom stereocenters. The number of hydrogen-bond donors (Lipinski definition) is 0. The van der Waals surface area contributed by atoms with Crippen LogP contribution in [0.2, 0.25) is 0 Å². The number of carbonyl (C=O) groups excluding carboxylic acids is 1. The molecule has 0 bridgehead atoms. The van der Waals surface area contributed by atoms with Crippen LogP contribution in [0, 0.1) is 13.8 Å². The second-order valence-corrected chi connectivity index (χ2v) is 6.84. The predicted molar refractivity (Wildman–Crippen MR) is 102 cm³/mol. The number of carbonyl (C=O) groups is 1. The van der Waals surface area contributed by atoms with Crippen molar-refractivity contribution in [3.8, 4) is 0 Å². The van der Waals surface area contributed by atoms with Gasteiger partial charge in [-0.2, -0.15) is 5.10 Å². The van der Waals surface area contributed by atoms with E-state index < -0.39 is 0 Å². The molecule has 1 fully saturated rings. The number of anilines is 1. The van der Waals surface area contributed by atoms with Crippen LogP contribution < -0.4 is 4.90 Å². The van der Waals surface area contributed by atoms with Crippen molar-refractivity contribution in [2.75, 3.05) is 31.1 Å². The molecule has 8 heteroatoms. The Balaban J connectivity index is 1.37. The third-order valence-electron chi connectivity index (χ3n) is 5.21. The summed E-state index contributed by atoms with van der Waals surface area (Å²) in [6, 6.07) is 5.92. The zero-order valence-electron chi connectivity index (χ0n) is 15.7. The van der Waals surface area contributed by atoms with Gasteiger partial charge in [0.15, 0.2) is 5.65 Å². The van der Waals surface area contributed by atoms with E-state index >= 15 is 0 Å². The number of amides is 1. The monoisotopic (exact) mass is 365 g/mol. The fourth-order valence-electron chi connectivity index (χ4n) is 3.66. The summed E-state index contributed by atoms with van der Waals surface area (Å²) >= 11 is 0. The highest BCUT2D eigenvalue weighted by Gasteiger charge is 2.22. The van der Waals surface area contributed by atoms with Gasteiger partial charge in [-0.25, -0.2) is 9.50 Å². The first-order valence-corrected chi connectivity index (χ1v) is 9.23. The third-order valence-corrected chi connectivity index (χ3v) is 5.21. The van der Waals surface area contributed by atoms with Gasteiger partial charge >= 0.3 is 0 Å². The molecule has 8 nitrogen and oxygen atoms in total. The summed E-state index contributed by atoms with van der Waals surface area (Å²) in [5.74, 6) is 1.17. The van der Waals surface area contributed by atoms with Crippen LogP contribution in [0.25, 0.3) is 5.65 Å². The van der Waals surface area contributed by atoms with Crippen LogP contribution >= 0.6 is 0 Å². The van der Waals surface area contributed by atoms with E-state index in [9.17, 15) is 4.79 Å². The lowest BCUT2D eigenvalue weighted by molar-refractivity contribution is -0.131. The minimum absolute atomic E-state index is 0.191. The highest BCUT2D eigenvalue weighted by atomic mass is 16.2. The van der Waals surface area contributed by atoms with Crippen LogP contribution in [0.1, 0.15) is 23.2 Å². The molecule has 3 aromatic rings. The Morgan fingerprint density at radius 3 is 2.70 bits per heavy atom. The van der Waals surface area contributed by atoms with Crippen molar-refractivity contribution in [2.24, 2.45) is 0 Å². The lowest BCUT2D eigenvalue weighted by Crippen LogP contribution is -2.49. The molecule has 0 spiro atoms. The van der Waals surface area contributed by atoms with Gasteiger partial charge in [0.1, 0.15) is 12.1 Å². The minimum atomic E-state index is 0.191. The number of pyridine rings is 1. The maximum absolute atomic E-state index is 12.7. The van der Waals surface area contributed by atoms with Crippen molar-refractivity contribution >= 4 is 17.4 Å². The Morgan fingerprint density at radius 1 is 1.15 bits per heavy atom. The van der Waals surface area contributed by atoms with Gasteiger partial charge < -0.3 is 9.80 Å². The molecule has 0 saturated carbocycles. The second-order valence-electron chi connectivity index (χ2n) is 6.84.